The first kappa shape index (κ1) is 26.1. The average Bonchev–Trinajstić information content (AvgIpc) is 2.96. The summed E-state index contributed by atoms with van der Waals surface area (Å²) in [6, 6.07) is 23.7. The Kier molecular flexibility index (Phi) is 7.96. The van der Waals surface area contributed by atoms with Crippen molar-refractivity contribution in [2.24, 2.45) is 0 Å². The molecule has 0 saturated carbocycles. The molecule has 0 aromatic heterocycles. The van der Waals surface area contributed by atoms with E-state index in [1.54, 1.807) is 0 Å². The lowest BCUT2D eigenvalue weighted by Gasteiger charge is -2.28. The van der Waals surface area contributed by atoms with Crippen LogP contribution in [0.3, 0.4) is 0 Å². The molecule has 0 N–H and O–H groups in total. The molecule has 0 amide bonds. The summed E-state index contributed by atoms with van der Waals surface area (Å²) in [5.41, 5.74) is 0.612. The molecule has 180 valence electrons. The summed E-state index contributed by atoms with van der Waals surface area (Å²) in [6.07, 6.45) is 0. The van der Waals surface area contributed by atoms with Gasteiger partial charge in [-0.25, -0.2) is 0 Å². The molecule has 0 unspecified atom stereocenters. The van der Waals surface area contributed by atoms with Crippen LogP contribution in [-0.2, 0) is 13.7 Å². The first-order valence-electron chi connectivity index (χ1n) is 10.8. The van der Waals surface area contributed by atoms with E-state index in [9.17, 15) is 15.8 Å². The summed E-state index contributed by atoms with van der Waals surface area (Å²) >= 11 is 0. The zero-order chi connectivity index (χ0) is 27.8. The van der Waals surface area contributed by atoms with E-state index in [1.165, 1.54) is 54.6 Å². The molecule has 15 heteroatoms. The van der Waals surface area contributed by atoms with Gasteiger partial charge < -0.3 is 27.7 Å². The molecule has 0 spiro atoms. The molecule has 0 aliphatic carbocycles. The van der Waals surface area contributed by atoms with Crippen LogP contribution in [0.25, 0.3) is 0 Å². The van der Waals surface area contributed by atoms with Crippen LogP contribution in [0.15, 0.2) is 54.6 Å². The minimum Gasteiger partial charge on any atom is -0.513 e. The quantitative estimate of drug-likeness (QED) is 0.440. The molecule has 1 fully saturated rings. The number of nitrogens with zero attached hydrogens (tertiary/aromatic N) is 6. The molecule has 0 atom stereocenters. The molecule has 12 nitrogen and oxygen atoms in total. The molecule has 1 saturated heterocycles. The zero-order valence-electron chi connectivity index (χ0n) is 19.6. The van der Waals surface area contributed by atoms with E-state index in [2.05, 4.69) is 0 Å². The van der Waals surface area contributed by atoms with Gasteiger partial charge in [0.1, 0.15) is 53.7 Å². The molecule has 0 bridgehead atoms. The van der Waals surface area contributed by atoms with E-state index in [0.717, 1.165) is 0 Å². The number of rotatable bonds is 6. The summed E-state index contributed by atoms with van der Waals surface area (Å²) < 4.78 is 33.6. The molecule has 0 radical (unpaired) electrons. The minimum absolute atomic E-state index is 0.0610. The van der Waals surface area contributed by atoms with E-state index >= 15 is 0 Å². The molecular formula is C24H9B3N6O6. The van der Waals surface area contributed by atoms with E-state index in [0.29, 0.717) is 0 Å². The minimum atomic E-state index is -1.52. The molecule has 3 aromatic rings. The molecule has 1 aliphatic heterocycles. The second-order valence-electron chi connectivity index (χ2n) is 7.42. The highest BCUT2D eigenvalue weighted by molar-refractivity contribution is 6.67. The maximum absolute atomic E-state index is 9.29. The van der Waals surface area contributed by atoms with Crippen LogP contribution in [0.1, 0.15) is 33.4 Å². The second-order valence-corrected chi connectivity index (χ2v) is 7.42. The Bertz CT molecular complexity index is 1490. The maximum atomic E-state index is 9.29. The Morgan fingerprint density at radius 3 is 0.897 bits per heavy atom. The first-order valence-corrected chi connectivity index (χ1v) is 10.8. The van der Waals surface area contributed by atoms with Gasteiger partial charge >= 0.3 is 22.0 Å². The van der Waals surface area contributed by atoms with Crippen molar-refractivity contribution in [2.75, 3.05) is 0 Å². The van der Waals surface area contributed by atoms with Gasteiger partial charge in [-0.3, -0.25) is 0 Å². The largest absolute Gasteiger partial charge is 0.690 e. The average molecular weight is 510 g/mol. The van der Waals surface area contributed by atoms with Crippen molar-refractivity contribution >= 4 is 22.0 Å². The van der Waals surface area contributed by atoms with E-state index in [4.69, 9.17) is 43.5 Å². The van der Waals surface area contributed by atoms with Gasteiger partial charge in [0.2, 0.25) is 0 Å². The van der Waals surface area contributed by atoms with Crippen LogP contribution < -0.4 is 14.0 Å². The van der Waals surface area contributed by atoms with E-state index in [1.807, 2.05) is 36.4 Å². The third kappa shape index (κ3) is 6.08. The fraction of sp³-hybridized carbons (Fsp3) is 0. The van der Waals surface area contributed by atoms with Crippen LogP contribution in [0.2, 0.25) is 0 Å². The Balaban J connectivity index is 1.59. The zero-order valence-corrected chi connectivity index (χ0v) is 19.6. The summed E-state index contributed by atoms with van der Waals surface area (Å²) in [5, 5.41) is 55.3. The number of hydrogen-bond donors (Lipinski definition) is 0. The van der Waals surface area contributed by atoms with Gasteiger partial charge in [0.05, 0.1) is 33.4 Å². The molecule has 1 heterocycles. The van der Waals surface area contributed by atoms with Crippen molar-refractivity contribution in [3.63, 3.8) is 0 Å². The summed E-state index contributed by atoms with van der Waals surface area (Å²) in [6.45, 7) is 0. The Hall–Kier alpha value is -5.93. The molecule has 4 rings (SSSR count). The Morgan fingerprint density at radius 1 is 0.410 bits per heavy atom. The van der Waals surface area contributed by atoms with Crippen LogP contribution >= 0.6 is 0 Å². The van der Waals surface area contributed by atoms with Gasteiger partial charge in [-0.05, 0) is 54.6 Å². The Morgan fingerprint density at radius 2 is 0.667 bits per heavy atom. The van der Waals surface area contributed by atoms with Crippen molar-refractivity contribution in [2.45, 2.75) is 0 Å². The van der Waals surface area contributed by atoms with Gasteiger partial charge in [0.15, 0.2) is 0 Å². The van der Waals surface area contributed by atoms with Crippen molar-refractivity contribution in [3.05, 3.63) is 88.0 Å². The predicted molar refractivity (Wildman–Crippen MR) is 130 cm³/mol. The lowest BCUT2D eigenvalue weighted by Crippen LogP contribution is -2.56. The number of nitriles is 6. The second kappa shape index (κ2) is 11.9. The van der Waals surface area contributed by atoms with Gasteiger partial charge in [0.25, 0.3) is 0 Å². The van der Waals surface area contributed by atoms with Crippen LogP contribution in [-0.4, -0.2) is 22.0 Å². The third-order valence-electron chi connectivity index (χ3n) is 5.06. The third-order valence-corrected chi connectivity index (χ3v) is 5.06. The smallest absolute Gasteiger partial charge is 0.513 e. The monoisotopic (exact) mass is 510 g/mol. The van der Waals surface area contributed by atoms with Crippen molar-refractivity contribution in [1.82, 2.24) is 0 Å². The highest BCUT2D eigenvalue weighted by Gasteiger charge is 2.50. The van der Waals surface area contributed by atoms with Gasteiger partial charge in [-0.15, -0.1) is 0 Å². The Labute approximate surface area is 223 Å². The predicted octanol–water partition coefficient (Wildman–Crippen LogP) is 2.47. The van der Waals surface area contributed by atoms with Crippen LogP contribution in [0.5, 0.6) is 17.2 Å². The highest BCUT2D eigenvalue weighted by Crippen LogP contribution is 2.24. The summed E-state index contributed by atoms with van der Waals surface area (Å²) in [4.78, 5) is 0. The number of hydrogen-bond acceptors (Lipinski definition) is 12. The van der Waals surface area contributed by atoms with Crippen LogP contribution in [0, 0.1) is 68.0 Å². The van der Waals surface area contributed by atoms with Gasteiger partial charge in [-0.2, -0.15) is 31.6 Å². The van der Waals surface area contributed by atoms with Gasteiger partial charge in [-0.1, -0.05) is 0 Å². The van der Waals surface area contributed by atoms with Crippen molar-refractivity contribution in [3.8, 4) is 53.7 Å². The molecular weight excluding hydrogens is 501 g/mol. The lowest BCUT2D eigenvalue weighted by atomic mass is 9.96. The van der Waals surface area contributed by atoms with Crippen molar-refractivity contribution in [1.29, 1.82) is 31.6 Å². The standard InChI is InChI=1S/C24H9B3N6O6/c28-10-16-1-4-22(7-19(16)13-31)34-25-37-26(35-23-5-2-17(11-29)20(8-23)14-32)39-27(38-25)36-24-6-3-18(12-30)21(9-24)15-33/h1-9H. The fourth-order valence-electron chi connectivity index (χ4n) is 3.23. The van der Waals surface area contributed by atoms with E-state index < -0.39 is 22.0 Å². The normalized spacial score (nSPS) is 12.0. The SMILES string of the molecule is N#Cc1ccc(OB2OB(Oc3ccc(C#N)c(C#N)c3)OB(Oc3ccc(C#N)c(C#N)c3)O2)cc1C#N. The first-order chi connectivity index (χ1) is 19.0. The highest BCUT2D eigenvalue weighted by atomic mass is 16.9. The summed E-state index contributed by atoms with van der Waals surface area (Å²) in [7, 11) is -4.55. The van der Waals surface area contributed by atoms with Crippen molar-refractivity contribution < 1.29 is 27.7 Å². The summed E-state index contributed by atoms with van der Waals surface area (Å²) in [5.74, 6) is 0.348. The molecule has 3 aromatic carbocycles. The van der Waals surface area contributed by atoms with E-state index in [-0.39, 0.29) is 50.6 Å². The molecule has 1 aliphatic rings. The fourth-order valence-corrected chi connectivity index (χ4v) is 3.23. The number of benzene rings is 3. The van der Waals surface area contributed by atoms with Gasteiger partial charge in [0, 0.05) is 0 Å². The van der Waals surface area contributed by atoms with Crippen LogP contribution in [0.4, 0.5) is 0 Å². The topological polar surface area (TPSA) is 198 Å². The lowest BCUT2D eigenvalue weighted by molar-refractivity contribution is 0.146. The maximum Gasteiger partial charge on any atom is 0.690 e. The molecule has 39 heavy (non-hydrogen) atoms.